The second kappa shape index (κ2) is 5.68. The summed E-state index contributed by atoms with van der Waals surface area (Å²) in [5.41, 5.74) is 1.10. The van der Waals surface area contributed by atoms with Gasteiger partial charge < -0.3 is 10.0 Å². The largest absolute Gasteiger partial charge is 0.390 e. The summed E-state index contributed by atoms with van der Waals surface area (Å²) in [6, 6.07) is 15.5. The SMILES string of the molecule is CN(C)C[C@]1(c2ccc3ccccc3c2)CC[C@](C)(O)CC1. The zero-order chi connectivity index (χ0) is 15.8. The summed E-state index contributed by atoms with van der Waals surface area (Å²) in [5, 5.41) is 13.0. The molecule has 0 bridgehead atoms. The van der Waals surface area contributed by atoms with Gasteiger partial charge in [-0.1, -0.05) is 42.5 Å². The van der Waals surface area contributed by atoms with Gasteiger partial charge in [-0.2, -0.15) is 0 Å². The molecule has 1 aliphatic rings. The van der Waals surface area contributed by atoms with Crippen LogP contribution in [0.5, 0.6) is 0 Å². The van der Waals surface area contributed by atoms with Crippen LogP contribution in [0.2, 0.25) is 0 Å². The van der Waals surface area contributed by atoms with E-state index < -0.39 is 5.60 Å². The van der Waals surface area contributed by atoms with E-state index in [-0.39, 0.29) is 5.41 Å². The van der Waals surface area contributed by atoms with E-state index >= 15 is 0 Å². The van der Waals surface area contributed by atoms with E-state index in [9.17, 15) is 5.11 Å². The van der Waals surface area contributed by atoms with Crippen molar-refractivity contribution in [3.05, 3.63) is 48.0 Å². The zero-order valence-electron chi connectivity index (χ0n) is 14.0. The Balaban J connectivity index is 2.00. The van der Waals surface area contributed by atoms with Crippen molar-refractivity contribution >= 4 is 10.8 Å². The maximum atomic E-state index is 10.3. The number of nitrogens with zero attached hydrogens (tertiary/aromatic N) is 1. The minimum atomic E-state index is -0.493. The van der Waals surface area contributed by atoms with Gasteiger partial charge in [-0.15, -0.1) is 0 Å². The lowest BCUT2D eigenvalue weighted by Crippen LogP contribution is -2.45. The summed E-state index contributed by atoms with van der Waals surface area (Å²) < 4.78 is 0. The van der Waals surface area contributed by atoms with E-state index in [0.29, 0.717) is 0 Å². The van der Waals surface area contributed by atoms with Crippen molar-refractivity contribution in [2.45, 2.75) is 43.6 Å². The number of fused-ring (bicyclic) bond motifs is 1. The molecule has 0 aliphatic heterocycles. The molecule has 2 aromatic carbocycles. The van der Waals surface area contributed by atoms with Crippen LogP contribution in [0.4, 0.5) is 0 Å². The molecule has 0 heterocycles. The van der Waals surface area contributed by atoms with Crippen molar-refractivity contribution in [1.29, 1.82) is 0 Å². The molecule has 0 spiro atoms. The minimum Gasteiger partial charge on any atom is -0.390 e. The Morgan fingerprint density at radius 3 is 2.23 bits per heavy atom. The Labute approximate surface area is 133 Å². The quantitative estimate of drug-likeness (QED) is 0.927. The molecule has 118 valence electrons. The van der Waals surface area contributed by atoms with Crippen LogP contribution >= 0.6 is 0 Å². The number of hydrogen-bond donors (Lipinski definition) is 1. The molecule has 2 aromatic rings. The molecule has 22 heavy (non-hydrogen) atoms. The van der Waals surface area contributed by atoms with Gasteiger partial charge >= 0.3 is 0 Å². The van der Waals surface area contributed by atoms with Crippen LogP contribution < -0.4 is 0 Å². The third-order valence-corrected chi connectivity index (χ3v) is 5.26. The van der Waals surface area contributed by atoms with Crippen LogP contribution in [0.25, 0.3) is 10.8 Å². The molecule has 2 nitrogen and oxygen atoms in total. The first-order valence-corrected chi connectivity index (χ1v) is 8.27. The maximum Gasteiger partial charge on any atom is 0.0620 e. The summed E-state index contributed by atoms with van der Waals surface area (Å²) in [5.74, 6) is 0. The third kappa shape index (κ3) is 3.04. The second-order valence-electron chi connectivity index (χ2n) is 7.58. The first-order valence-electron chi connectivity index (χ1n) is 8.27. The van der Waals surface area contributed by atoms with Crippen molar-refractivity contribution in [2.75, 3.05) is 20.6 Å². The second-order valence-corrected chi connectivity index (χ2v) is 7.58. The average molecular weight is 297 g/mol. The normalized spacial score (nSPS) is 29.1. The van der Waals surface area contributed by atoms with Crippen LogP contribution in [0, 0.1) is 0 Å². The average Bonchev–Trinajstić information content (AvgIpc) is 2.49. The van der Waals surface area contributed by atoms with Crippen LogP contribution in [-0.2, 0) is 5.41 Å². The molecule has 0 atom stereocenters. The van der Waals surface area contributed by atoms with Crippen LogP contribution in [0.15, 0.2) is 42.5 Å². The molecule has 0 radical (unpaired) electrons. The fourth-order valence-electron chi connectivity index (χ4n) is 3.93. The van der Waals surface area contributed by atoms with Crippen molar-refractivity contribution in [2.24, 2.45) is 0 Å². The smallest absolute Gasteiger partial charge is 0.0620 e. The van der Waals surface area contributed by atoms with Crippen molar-refractivity contribution in [1.82, 2.24) is 4.90 Å². The Morgan fingerprint density at radius 2 is 1.59 bits per heavy atom. The summed E-state index contributed by atoms with van der Waals surface area (Å²) in [6.45, 7) is 3.02. The molecule has 3 rings (SSSR count). The van der Waals surface area contributed by atoms with Gasteiger partial charge in [0, 0.05) is 12.0 Å². The predicted octanol–water partition coefficient (Wildman–Crippen LogP) is 3.96. The Bertz CT molecular complexity index is 650. The highest BCUT2D eigenvalue weighted by molar-refractivity contribution is 5.83. The lowest BCUT2D eigenvalue weighted by Gasteiger charge is -2.44. The zero-order valence-corrected chi connectivity index (χ0v) is 14.0. The lowest BCUT2D eigenvalue weighted by atomic mass is 9.65. The maximum absolute atomic E-state index is 10.3. The van der Waals surface area contributed by atoms with Gasteiger partial charge in [-0.05, 0) is 63.0 Å². The highest BCUT2D eigenvalue weighted by atomic mass is 16.3. The van der Waals surface area contributed by atoms with E-state index in [1.54, 1.807) is 0 Å². The Kier molecular flexibility index (Phi) is 4.00. The molecule has 0 saturated heterocycles. The summed E-state index contributed by atoms with van der Waals surface area (Å²) in [7, 11) is 4.30. The van der Waals surface area contributed by atoms with E-state index in [4.69, 9.17) is 0 Å². The number of likely N-dealkylation sites (N-methyl/N-ethyl adjacent to an activating group) is 1. The van der Waals surface area contributed by atoms with Gasteiger partial charge in [0.2, 0.25) is 0 Å². The molecular weight excluding hydrogens is 270 g/mol. The lowest BCUT2D eigenvalue weighted by molar-refractivity contribution is -0.00433. The van der Waals surface area contributed by atoms with Gasteiger partial charge in [-0.25, -0.2) is 0 Å². The van der Waals surface area contributed by atoms with E-state index in [1.807, 2.05) is 6.92 Å². The third-order valence-electron chi connectivity index (χ3n) is 5.26. The molecule has 0 aromatic heterocycles. The molecule has 2 heteroatoms. The van der Waals surface area contributed by atoms with Crippen molar-refractivity contribution in [3.63, 3.8) is 0 Å². The summed E-state index contributed by atoms with van der Waals surface area (Å²) in [4.78, 5) is 2.29. The van der Waals surface area contributed by atoms with Gasteiger partial charge in [0.05, 0.1) is 5.60 Å². The number of rotatable bonds is 3. The topological polar surface area (TPSA) is 23.5 Å². The van der Waals surface area contributed by atoms with Crippen LogP contribution in [-0.4, -0.2) is 36.2 Å². The van der Waals surface area contributed by atoms with E-state index in [2.05, 4.69) is 61.5 Å². The molecule has 1 aliphatic carbocycles. The number of hydrogen-bond acceptors (Lipinski definition) is 2. The molecule has 1 saturated carbocycles. The molecular formula is C20H27NO. The first-order chi connectivity index (χ1) is 10.4. The van der Waals surface area contributed by atoms with Gasteiger partial charge in [0.15, 0.2) is 0 Å². The molecule has 0 unspecified atom stereocenters. The van der Waals surface area contributed by atoms with Gasteiger partial charge in [0.1, 0.15) is 0 Å². The Hall–Kier alpha value is -1.38. The van der Waals surface area contributed by atoms with Crippen molar-refractivity contribution in [3.8, 4) is 0 Å². The molecule has 1 N–H and O–H groups in total. The first kappa shape index (κ1) is 15.5. The monoisotopic (exact) mass is 297 g/mol. The van der Waals surface area contributed by atoms with Crippen LogP contribution in [0.1, 0.15) is 38.2 Å². The van der Waals surface area contributed by atoms with Gasteiger partial charge in [0.25, 0.3) is 0 Å². The standard InChI is InChI=1S/C20H27NO/c1-19(22)10-12-20(13-11-19,15-21(2)3)18-9-8-16-6-4-5-7-17(16)14-18/h4-9,14,22H,10-13,15H2,1-3H3/t19-,20-. The highest BCUT2D eigenvalue weighted by Gasteiger charge is 2.40. The summed E-state index contributed by atoms with van der Waals surface area (Å²) >= 11 is 0. The van der Waals surface area contributed by atoms with E-state index in [1.165, 1.54) is 16.3 Å². The fourth-order valence-corrected chi connectivity index (χ4v) is 3.93. The Morgan fingerprint density at radius 1 is 0.955 bits per heavy atom. The summed E-state index contributed by atoms with van der Waals surface area (Å²) in [6.07, 6.45) is 3.87. The number of benzene rings is 2. The molecule has 1 fully saturated rings. The minimum absolute atomic E-state index is 0.162. The van der Waals surface area contributed by atoms with Crippen LogP contribution in [0.3, 0.4) is 0 Å². The van der Waals surface area contributed by atoms with Gasteiger partial charge in [-0.3, -0.25) is 0 Å². The van der Waals surface area contributed by atoms with Crippen molar-refractivity contribution < 1.29 is 5.11 Å². The number of aliphatic hydroxyl groups is 1. The highest BCUT2D eigenvalue weighted by Crippen LogP contribution is 2.44. The predicted molar refractivity (Wildman–Crippen MR) is 93.3 cm³/mol. The van der Waals surface area contributed by atoms with E-state index in [0.717, 1.165) is 32.2 Å². The fraction of sp³-hybridized carbons (Fsp3) is 0.500. The molecule has 0 amide bonds.